The van der Waals surface area contributed by atoms with Crippen molar-refractivity contribution in [3.05, 3.63) is 63.6 Å². The highest BCUT2D eigenvalue weighted by Gasteiger charge is 2.40. The fourth-order valence-corrected chi connectivity index (χ4v) is 3.72. The summed E-state index contributed by atoms with van der Waals surface area (Å²) < 4.78 is 6.10. The average Bonchev–Trinajstić information content (AvgIpc) is 3.07. The summed E-state index contributed by atoms with van der Waals surface area (Å²) in [5.74, 6) is -0.350. The van der Waals surface area contributed by atoms with Crippen molar-refractivity contribution >= 4 is 33.6 Å². The minimum Gasteiger partial charge on any atom is -0.445 e. The van der Waals surface area contributed by atoms with E-state index in [9.17, 15) is 14.7 Å². The van der Waals surface area contributed by atoms with E-state index in [-0.39, 0.29) is 25.5 Å². The number of hydrogen-bond donors (Lipinski definition) is 2. The molecule has 28 heavy (non-hydrogen) atoms. The van der Waals surface area contributed by atoms with Gasteiger partial charge in [-0.3, -0.25) is 9.69 Å². The molecule has 0 aliphatic carbocycles. The Kier molecular flexibility index (Phi) is 6.36. The van der Waals surface area contributed by atoms with Crippen molar-refractivity contribution in [2.24, 2.45) is 0 Å². The number of aliphatic hydroxyl groups is 1. The number of ether oxygens (including phenoxy) is 1. The first kappa shape index (κ1) is 20.4. The molecule has 1 aliphatic heterocycles. The number of anilines is 1. The Morgan fingerprint density at radius 2 is 1.89 bits per heavy atom. The number of carbonyl (C=O) groups excluding carboxylic acids is 2. The van der Waals surface area contributed by atoms with Gasteiger partial charge in [-0.25, -0.2) is 4.79 Å². The van der Waals surface area contributed by atoms with E-state index in [1.165, 1.54) is 4.90 Å². The number of likely N-dealkylation sites (tertiary alicyclic amines) is 1. The number of aliphatic hydroxyl groups excluding tert-OH is 1. The molecule has 0 saturated carbocycles. The minimum atomic E-state index is -0.785. The minimum absolute atomic E-state index is 0.0693. The second-order valence-corrected chi connectivity index (χ2v) is 7.86. The Balaban J connectivity index is 1.68. The monoisotopic (exact) mass is 446 g/mol. The van der Waals surface area contributed by atoms with Crippen LogP contribution in [-0.4, -0.2) is 40.7 Å². The Morgan fingerprint density at radius 1 is 1.21 bits per heavy atom. The molecule has 2 aromatic rings. The van der Waals surface area contributed by atoms with E-state index in [1.54, 1.807) is 0 Å². The topological polar surface area (TPSA) is 78.9 Å². The first-order valence-electron chi connectivity index (χ1n) is 9.08. The molecule has 0 radical (unpaired) electrons. The molecule has 2 N–H and O–H groups in total. The lowest BCUT2D eigenvalue weighted by Gasteiger charge is -2.23. The lowest BCUT2D eigenvalue weighted by Crippen LogP contribution is -2.43. The third-order valence-electron chi connectivity index (χ3n) is 4.86. The Morgan fingerprint density at radius 3 is 2.61 bits per heavy atom. The summed E-state index contributed by atoms with van der Waals surface area (Å²) in [6, 6.07) is 12.3. The van der Waals surface area contributed by atoms with Gasteiger partial charge in [0.05, 0.1) is 18.3 Å². The van der Waals surface area contributed by atoms with Crippen LogP contribution in [0.4, 0.5) is 10.5 Å². The van der Waals surface area contributed by atoms with Crippen LogP contribution in [0.15, 0.2) is 46.9 Å². The fraction of sp³-hybridized carbons (Fsp3) is 0.333. The van der Waals surface area contributed by atoms with Gasteiger partial charge < -0.3 is 15.2 Å². The highest BCUT2D eigenvalue weighted by molar-refractivity contribution is 9.10. The maximum atomic E-state index is 12.8. The van der Waals surface area contributed by atoms with Gasteiger partial charge in [-0.05, 0) is 58.6 Å². The van der Waals surface area contributed by atoms with Crippen LogP contribution in [0, 0.1) is 13.8 Å². The Hall–Kier alpha value is -2.38. The molecule has 0 spiro atoms. The summed E-state index contributed by atoms with van der Waals surface area (Å²) in [5, 5.41) is 12.9. The van der Waals surface area contributed by atoms with E-state index in [4.69, 9.17) is 4.74 Å². The molecule has 148 valence electrons. The van der Waals surface area contributed by atoms with E-state index in [2.05, 4.69) is 21.2 Å². The zero-order chi connectivity index (χ0) is 20.3. The van der Waals surface area contributed by atoms with Crippen LogP contribution in [0.1, 0.15) is 23.1 Å². The van der Waals surface area contributed by atoms with Gasteiger partial charge in [-0.15, -0.1) is 0 Å². The summed E-state index contributed by atoms with van der Waals surface area (Å²) in [6.07, 6.45) is -1.20. The van der Waals surface area contributed by atoms with Crippen molar-refractivity contribution in [2.45, 2.75) is 39.0 Å². The number of halogens is 1. The van der Waals surface area contributed by atoms with E-state index < -0.39 is 18.2 Å². The van der Waals surface area contributed by atoms with Crippen LogP contribution < -0.4 is 5.32 Å². The maximum absolute atomic E-state index is 12.8. The van der Waals surface area contributed by atoms with Gasteiger partial charge in [0.25, 0.3) is 0 Å². The third-order valence-corrected chi connectivity index (χ3v) is 5.52. The quantitative estimate of drug-likeness (QED) is 0.748. The van der Waals surface area contributed by atoms with Crippen LogP contribution >= 0.6 is 15.9 Å². The molecule has 1 fully saturated rings. The van der Waals surface area contributed by atoms with Gasteiger partial charge >= 0.3 is 6.09 Å². The van der Waals surface area contributed by atoms with Crippen molar-refractivity contribution in [1.82, 2.24) is 4.90 Å². The van der Waals surface area contributed by atoms with Crippen LogP contribution in [0.5, 0.6) is 0 Å². The summed E-state index contributed by atoms with van der Waals surface area (Å²) in [5.41, 5.74) is 3.64. The van der Waals surface area contributed by atoms with E-state index in [0.717, 1.165) is 21.2 Å². The first-order chi connectivity index (χ1) is 13.3. The summed E-state index contributed by atoms with van der Waals surface area (Å²) >= 11 is 3.46. The Labute approximate surface area is 172 Å². The summed E-state index contributed by atoms with van der Waals surface area (Å²) in [7, 11) is 0. The molecular weight excluding hydrogens is 424 g/mol. The molecule has 6 nitrogen and oxygen atoms in total. The highest BCUT2D eigenvalue weighted by atomic mass is 79.9. The second-order valence-electron chi connectivity index (χ2n) is 7.00. The molecule has 1 saturated heterocycles. The predicted octanol–water partition coefficient (Wildman–Crippen LogP) is 3.78. The van der Waals surface area contributed by atoms with E-state index >= 15 is 0 Å². The van der Waals surface area contributed by atoms with Gasteiger partial charge in [0.1, 0.15) is 12.6 Å². The zero-order valence-electron chi connectivity index (χ0n) is 15.8. The first-order valence-corrected chi connectivity index (χ1v) is 9.87. The predicted molar refractivity (Wildman–Crippen MR) is 110 cm³/mol. The number of β-amino-alcohol motifs (C(OH)–C–C–N with tert-alkyl or cyclic N) is 1. The number of amides is 2. The van der Waals surface area contributed by atoms with Crippen LogP contribution in [0.2, 0.25) is 0 Å². The SMILES string of the molecule is Cc1cc(Br)c(NC(=O)[C@@H]2C[C@H](O)CN2C(=O)OCc2ccccc2)cc1C. The number of rotatable bonds is 4. The van der Waals surface area contributed by atoms with Gasteiger partial charge in [-0.2, -0.15) is 0 Å². The standard InChI is InChI=1S/C21H23BrN2O4/c1-13-8-17(22)18(9-14(13)2)23-20(26)19-10-16(25)11-24(19)21(27)28-12-15-6-4-3-5-7-15/h3-9,16,19,25H,10-12H2,1-2H3,(H,23,26)/t16-,19-/m0/s1. The maximum Gasteiger partial charge on any atom is 0.410 e. The molecule has 7 heteroatoms. The largest absolute Gasteiger partial charge is 0.445 e. The van der Waals surface area contributed by atoms with E-state index in [0.29, 0.717) is 5.69 Å². The molecule has 1 aliphatic rings. The van der Waals surface area contributed by atoms with Crippen LogP contribution in [-0.2, 0) is 16.1 Å². The smallest absolute Gasteiger partial charge is 0.410 e. The number of aryl methyl sites for hydroxylation is 2. The molecule has 0 bridgehead atoms. The van der Waals surface area contributed by atoms with Gasteiger partial charge in [0.15, 0.2) is 0 Å². The van der Waals surface area contributed by atoms with Crippen molar-refractivity contribution in [2.75, 3.05) is 11.9 Å². The summed E-state index contributed by atoms with van der Waals surface area (Å²) in [6.45, 7) is 4.14. The van der Waals surface area contributed by atoms with Gasteiger partial charge in [0.2, 0.25) is 5.91 Å². The highest BCUT2D eigenvalue weighted by Crippen LogP contribution is 2.28. The zero-order valence-corrected chi connectivity index (χ0v) is 17.4. The van der Waals surface area contributed by atoms with Crippen molar-refractivity contribution in [3.63, 3.8) is 0 Å². The molecule has 3 rings (SSSR count). The number of hydrogen-bond acceptors (Lipinski definition) is 4. The summed E-state index contributed by atoms with van der Waals surface area (Å²) in [4.78, 5) is 26.6. The molecule has 1 heterocycles. The lowest BCUT2D eigenvalue weighted by molar-refractivity contribution is -0.120. The number of nitrogens with zero attached hydrogens (tertiary/aromatic N) is 1. The Bertz CT molecular complexity index is 872. The molecule has 0 aromatic heterocycles. The lowest BCUT2D eigenvalue weighted by atomic mass is 10.1. The molecule has 2 aromatic carbocycles. The fourth-order valence-electron chi connectivity index (χ4n) is 3.16. The van der Waals surface area contributed by atoms with Crippen molar-refractivity contribution in [1.29, 1.82) is 0 Å². The average molecular weight is 447 g/mol. The number of nitrogens with one attached hydrogen (secondary N) is 1. The molecule has 0 unspecified atom stereocenters. The second kappa shape index (κ2) is 8.75. The molecule has 2 amide bonds. The van der Waals surface area contributed by atoms with Crippen LogP contribution in [0.25, 0.3) is 0 Å². The number of benzene rings is 2. The van der Waals surface area contributed by atoms with Crippen molar-refractivity contribution in [3.8, 4) is 0 Å². The van der Waals surface area contributed by atoms with Crippen molar-refractivity contribution < 1.29 is 19.4 Å². The third kappa shape index (κ3) is 4.72. The van der Waals surface area contributed by atoms with E-state index in [1.807, 2.05) is 56.3 Å². The molecular formula is C21H23BrN2O4. The van der Waals surface area contributed by atoms with Gasteiger partial charge in [-0.1, -0.05) is 30.3 Å². The van der Waals surface area contributed by atoms with Gasteiger partial charge in [0, 0.05) is 10.9 Å². The normalized spacial score (nSPS) is 18.8. The molecule has 2 atom stereocenters. The van der Waals surface area contributed by atoms with Crippen LogP contribution in [0.3, 0.4) is 0 Å². The number of carbonyl (C=O) groups is 2.